The summed E-state index contributed by atoms with van der Waals surface area (Å²) in [6.07, 6.45) is 4.93. The summed E-state index contributed by atoms with van der Waals surface area (Å²) in [5.74, 6) is 1.15. The molecule has 2 fully saturated rings. The van der Waals surface area contributed by atoms with E-state index in [1.807, 2.05) is 0 Å². The molecule has 1 atom stereocenters. The van der Waals surface area contributed by atoms with E-state index in [1.54, 1.807) is 4.68 Å². The van der Waals surface area contributed by atoms with Crippen molar-refractivity contribution in [1.82, 2.24) is 20.2 Å². The van der Waals surface area contributed by atoms with Gasteiger partial charge in [-0.25, -0.2) is 4.68 Å². The van der Waals surface area contributed by atoms with E-state index in [1.165, 1.54) is 12.8 Å². The molecular formula is C12H18N4O2. The first kappa shape index (κ1) is 11.6. The van der Waals surface area contributed by atoms with E-state index in [9.17, 15) is 9.90 Å². The lowest BCUT2D eigenvalue weighted by Crippen LogP contribution is -2.42. The molecule has 1 heterocycles. The van der Waals surface area contributed by atoms with Gasteiger partial charge < -0.3 is 5.11 Å². The van der Waals surface area contributed by atoms with E-state index in [2.05, 4.69) is 22.4 Å². The van der Waals surface area contributed by atoms with Gasteiger partial charge in [0.2, 0.25) is 0 Å². The van der Waals surface area contributed by atoms with Crippen LogP contribution in [0.3, 0.4) is 0 Å². The average molecular weight is 250 g/mol. The molecule has 1 unspecified atom stereocenters. The highest BCUT2D eigenvalue weighted by molar-refractivity contribution is 5.75. The van der Waals surface area contributed by atoms with Crippen LogP contribution in [-0.4, -0.2) is 31.3 Å². The van der Waals surface area contributed by atoms with Gasteiger partial charge in [-0.1, -0.05) is 13.3 Å². The van der Waals surface area contributed by atoms with E-state index in [0.29, 0.717) is 18.4 Å². The number of carboxylic acids is 1. The van der Waals surface area contributed by atoms with Crippen LogP contribution in [0.15, 0.2) is 0 Å². The summed E-state index contributed by atoms with van der Waals surface area (Å²) < 4.78 is 1.72. The van der Waals surface area contributed by atoms with Crippen LogP contribution < -0.4 is 0 Å². The minimum atomic E-state index is -0.714. The van der Waals surface area contributed by atoms with Gasteiger partial charge in [0.05, 0.1) is 12.0 Å². The summed E-state index contributed by atoms with van der Waals surface area (Å²) in [6, 6.07) is 0. The Kier molecular flexibility index (Phi) is 2.60. The third kappa shape index (κ3) is 1.79. The number of hydrogen-bond acceptors (Lipinski definition) is 4. The van der Waals surface area contributed by atoms with Crippen LogP contribution in [0.4, 0.5) is 0 Å². The summed E-state index contributed by atoms with van der Waals surface area (Å²) >= 11 is 0. The third-order valence-corrected chi connectivity index (χ3v) is 4.51. The molecule has 0 saturated heterocycles. The first-order chi connectivity index (χ1) is 8.62. The number of aromatic nitrogens is 4. The summed E-state index contributed by atoms with van der Waals surface area (Å²) in [5, 5.41) is 21.2. The fraction of sp³-hybridized carbons (Fsp3) is 0.833. The molecule has 2 saturated carbocycles. The molecule has 0 spiro atoms. The number of carbonyl (C=O) groups is 1. The Morgan fingerprint density at radius 1 is 1.56 bits per heavy atom. The van der Waals surface area contributed by atoms with Crippen molar-refractivity contribution < 1.29 is 9.90 Å². The molecule has 2 aliphatic rings. The van der Waals surface area contributed by atoms with E-state index >= 15 is 0 Å². The Balaban J connectivity index is 1.80. The molecule has 1 aromatic heterocycles. The van der Waals surface area contributed by atoms with Gasteiger partial charge in [0.1, 0.15) is 0 Å². The van der Waals surface area contributed by atoms with Gasteiger partial charge >= 0.3 is 5.97 Å². The minimum absolute atomic E-state index is 0.339. The molecular weight excluding hydrogens is 232 g/mol. The largest absolute Gasteiger partial charge is 0.481 e. The molecule has 3 rings (SSSR count). The van der Waals surface area contributed by atoms with Crippen LogP contribution in [0.25, 0.3) is 0 Å². The second-order valence-corrected chi connectivity index (χ2v) is 5.76. The topological polar surface area (TPSA) is 80.9 Å². The van der Waals surface area contributed by atoms with Crippen LogP contribution in [0.2, 0.25) is 0 Å². The monoisotopic (exact) mass is 250 g/mol. The van der Waals surface area contributed by atoms with E-state index < -0.39 is 11.4 Å². The number of hydrogen-bond donors (Lipinski definition) is 1. The molecule has 98 valence electrons. The van der Waals surface area contributed by atoms with Crippen LogP contribution >= 0.6 is 0 Å². The second-order valence-electron chi connectivity index (χ2n) is 5.76. The van der Waals surface area contributed by atoms with Gasteiger partial charge in [-0.15, -0.1) is 5.10 Å². The fourth-order valence-corrected chi connectivity index (χ4v) is 2.79. The molecule has 6 nitrogen and oxygen atoms in total. The zero-order valence-electron chi connectivity index (χ0n) is 10.5. The Labute approximate surface area is 105 Å². The lowest BCUT2D eigenvalue weighted by atomic mass is 9.69. The Hall–Kier alpha value is -1.46. The summed E-state index contributed by atoms with van der Waals surface area (Å²) in [6.45, 7) is 2.55. The molecule has 1 aromatic rings. The maximum Gasteiger partial charge on any atom is 0.311 e. The maximum atomic E-state index is 11.4. The Morgan fingerprint density at radius 3 is 2.78 bits per heavy atom. The standard InChI is InChI=1S/C12H18N4O2/c1-8(9-3-4-9)10-13-14-15-16(10)7-12(11(17)18)5-2-6-12/h8-9H,2-7H2,1H3,(H,17,18). The lowest BCUT2D eigenvalue weighted by Gasteiger charge is -2.37. The molecule has 2 aliphatic carbocycles. The molecule has 6 heteroatoms. The molecule has 0 radical (unpaired) electrons. The highest BCUT2D eigenvalue weighted by Crippen LogP contribution is 2.44. The first-order valence-corrected chi connectivity index (χ1v) is 6.62. The molecule has 0 aliphatic heterocycles. The quantitative estimate of drug-likeness (QED) is 0.855. The Morgan fingerprint density at radius 2 is 2.28 bits per heavy atom. The van der Waals surface area contributed by atoms with Gasteiger partial charge in [0, 0.05) is 5.92 Å². The summed E-state index contributed by atoms with van der Waals surface area (Å²) in [5.41, 5.74) is -0.632. The van der Waals surface area contributed by atoms with Crippen molar-refractivity contribution in [3.05, 3.63) is 5.82 Å². The number of rotatable bonds is 5. The highest BCUT2D eigenvalue weighted by Gasteiger charge is 2.46. The maximum absolute atomic E-state index is 11.4. The van der Waals surface area contributed by atoms with Crippen molar-refractivity contribution in [3.63, 3.8) is 0 Å². The van der Waals surface area contributed by atoms with Crippen LogP contribution in [0, 0.1) is 11.3 Å². The van der Waals surface area contributed by atoms with Gasteiger partial charge in [-0.2, -0.15) is 0 Å². The molecule has 1 N–H and O–H groups in total. The minimum Gasteiger partial charge on any atom is -0.481 e. The zero-order chi connectivity index (χ0) is 12.8. The predicted octanol–water partition coefficient (Wildman–Crippen LogP) is 1.44. The summed E-state index contributed by atoms with van der Waals surface area (Å²) in [7, 11) is 0. The third-order valence-electron chi connectivity index (χ3n) is 4.51. The predicted molar refractivity (Wildman–Crippen MR) is 62.9 cm³/mol. The van der Waals surface area contributed by atoms with Crippen molar-refractivity contribution in [2.45, 2.75) is 51.5 Å². The lowest BCUT2D eigenvalue weighted by molar-refractivity contribution is -0.156. The fourth-order valence-electron chi connectivity index (χ4n) is 2.79. The molecule has 18 heavy (non-hydrogen) atoms. The van der Waals surface area contributed by atoms with Gasteiger partial charge in [-0.3, -0.25) is 4.79 Å². The molecule has 0 amide bonds. The first-order valence-electron chi connectivity index (χ1n) is 6.62. The van der Waals surface area contributed by atoms with Crippen molar-refractivity contribution >= 4 is 5.97 Å². The second kappa shape index (κ2) is 4.03. The van der Waals surface area contributed by atoms with Crippen molar-refractivity contribution in [3.8, 4) is 0 Å². The molecule has 0 bridgehead atoms. The molecule has 0 aromatic carbocycles. The number of nitrogens with zero attached hydrogens (tertiary/aromatic N) is 4. The zero-order valence-corrected chi connectivity index (χ0v) is 10.5. The number of tetrazole rings is 1. The highest BCUT2D eigenvalue weighted by atomic mass is 16.4. The van der Waals surface area contributed by atoms with Crippen molar-refractivity contribution in [2.24, 2.45) is 11.3 Å². The normalized spacial score (nSPS) is 23.4. The van der Waals surface area contributed by atoms with Gasteiger partial charge in [0.25, 0.3) is 0 Å². The number of aliphatic carboxylic acids is 1. The van der Waals surface area contributed by atoms with Crippen molar-refractivity contribution in [1.29, 1.82) is 0 Å². The van der Waals surface area contributed by atoms with E-state index in [0.717, 1.165) is 25.1 Å². The van der Waals surface area contributed by atoms with Gasteiger partial charge in [0.15, 0.2) is 5.82 Å². The van der Waals surface area contributed by atoms with Crippen LogP contribution in [0.1, 0.15) is 50.8 Å². The average Bonchev–Trinajstić information content (AvgIpc) is 3.02. The Bertz CT molecular complexity index is 462. The van der Waals surface area contributed by atoms with E-state index in [-0.39, 0.29) is 0 Å². The van der Waals surface area contributed by atoms with Crippen molar-refractivity contribution in [2.75, 3.05) is 0 Å². The van der Waals surface area contributed by atoms with Crippen LogP contribution in [0.5, 0.6) is 0 Å². The summed E-state index contributed by atoms with van der Waals surface area (Å²) in [4.78, 5) is 11.4. The van der Waals surface area contributed by atoms with Crippen LogP contribution in [-0.2, 0) is 11.3 Å². The van der Waals surface area contributed by atoms with E-state index in [4.69, 9.17) is 0 Å². The number of carboxylic acid groups (broad SMARTS) is 1. The SMILES string of the molecule is CC(c1nnnn1CC1(C(=O)O)CCC1)C1CC1. The smallest absolute Gasteiger partial charge is 0.311 e. The van der Waals surface area contributed by atoms with Gasteiger partial charge in [-0.05, 0) is 42.0 Å².